The van der Waals surface area contributed by atoms with Gasteiger partial charge in [-0.05, 0) is 82.3 Å². The van der Waals surface area contributed by atoms with E-state index in [1.165, 1.54) is 38.1 Å². The molecule has 3 aromatic rings. The summed E-state index contributed by atoms with van der Waals surface area (Å²) < 4.78 is 15.2. The molecule has 0 saturated carbocycles. The lowest BCUT2D eigenvalue weighted by molar-refractivity contribution is -0.125. The number of rotatable bonds is 7. The molecule has 8 heteroatoms. The van der Waals surface area contributed by atoms with Crippen molar-refractivity contribution >= 4 is 17.4 Å². The predicted octanol–water partition coefficient (Wildman–Crippen LogP) is 4.30. The number of nitrogens with zero attached hydrogens (tertiary/aromatic N) is 5. The lowest BCUT2D eigenvalue weighted by atomic mass is 9.96. The van der Waals surface area contributed by atoms with E-state index in [-0.39, 0.29) is 17.6 Å². The largest absolute Gasteiger partial charge is 0.356 e. The van der Waals surface area contributed by atoms with Crippen LogP contribution >= 0.6 is 0 Å². The third kappa shape index (κ3) is 5.69. The van der Waals surface area contributed by atoms with E-state index in [1.807, 2.05) is 17.5 Å². The van der Waals surface area contributed by atoms with E-state index in [0.29, 0.717) is 0 Å². The molecule has 1 aromatic carbocycles. The quantitative estimate of drug-likeness (QED) is 0.498. The zero-order valence-corrected chi connectivity index (χ0v) is 21.4. The van der Waals surface area contributed by atoms with Crippen LogP contribution in [0.4, 0.5) is 10.2 Å². The second kappa shape index (κ2) is 10.9. The first kappa shape index (κ1) is 24.7. The summed E-state index contributed by atoms with van der Waals surface area (Å²) in [5, 5.41) is 7.97. The van der Waals surface area contributed by atoms with E-state index in [0.717, 1.165) is 79.8 Å². The molecule has 2 aliphatic rings. The Hall–Kier alpha value is -3.00. The molecule has 5 rings (SSSR count). The van der Waals surface area contributed by atoms with Crippen LogP contribution in [0.1, 0.15) is 44.7 Å². The number of hydrogen-bond acceptors (Lipinski definition) is 5. The molecule has 0 unspecified atom stereocenters. The van der Waals surface area contributed by atoms with Gasteiger partial charge in [0.05, 0.1) is 5.69 Å². The molecule has 192 valence electrons. The van der Waals surface area contributed by atoms with Crippen LogP contribution in [-0.4, -0.2) is 64.7 Å². The van der Waals surface area contributed by atoms with Gasteiger partial charge in [-0.1, -0.05) is 6.92 Å². The molecule has 2 saturated heterocycles. The van der Waals surface area contributed by atoms with Crippen molar-refractivity contribution in [3.8, 4) is 11.3 Å². The Labute approximate surface area is 212 Å². The molecule has 1 atom stereocenters. The van der Waals surface area contributed by atoms with Crippen molar-refractivity contribution in [1.82, 2.24) is 24.8 Å². The highest BCUT2D eigenvalue weighted by molar-refractivity contribution is 5.79. The summed E-state index contributed by atoms with van der Waals surface area (Å²) in [6, 6.07) is 10.4. The number of anilines is 1. The molecular weight excluding hydrogens is 455 g/mol. The van der Waals surface area contributed by atoms with Crippen LogP contribution in [0.5, 0.6) is 0 Å². The molecule has 1 N–H and O–H groups in total. The number of hydrogen-bond donors (Lipinski definition) is 1. The Morgan fingerprint density at radius 1 is 1.11 bits per heavy atom. The molecule has 2 aliphatic heterocycles. The van der Waals surface area contributed by atoms with Gasteiger partial charge < -0.3 is 15.1 Å². The van der Waals surface area contributed by atoms with E-state index >= 15 is 0 Å². The molecule has 36 heavy (non-hydrogen) atoms. The summed E-state index contributed by atoms with van der Waals surface area (Å²) >= 11 is 0. The number of halogens is 1. The normalized spacial score (nSPS) is 19.6. The van der Waals surface area contributed by atoms with Gasteiger partial charge in [0.25, 0.3) is 0 Å². The van der Waals surface area contributed by atoms with Gasteiger partial charge in [-0.25, -0.2) is 9.37 Å². The fraction of sp³-hybridized carbons (Fsp3) is 0.536. The number of amides is 1. The maximum Gasteiger partial charge on any atom is 0.223 e. The van der Waals surface area contributed by atoms with E-state index in [1.54, 1.807) is 12.1 Å². The minimum Gasteiger partial charge on any atom is -0.356 e. The smallest absolute Gasteiger partial charge is 0.223 e. The number of nitrogens with one attached hydrogen (secondary N) is 1. The minimum absolute atomic E-state index is 0.0575. The van der Waals surface area contributed by atoms with E-state index in [4.69, 9.17) is 5.10 Å². The zero-order valence-electron chi connectivity index (χ0n) is 21.4. The number of carbonyl (C=O) groups excluding carboxylic acids is 1. The number of benzene rings is 1. The number of aryl methyl sites for hydroxylation is 1. The van der Waals surface area contributed by atoms with Crippen LogP contribution < -0.4 is 10.2 Å². The van der Waals surface area contributed by atoms with Crippen LogP contribution in [0.15, 0.2) is 36.4 Å². The van der Waals surface area contributed by atoms with Gasteiger partial charge in [-0.2, -0.15) is 9.61 Å². The Kier molecular flexibility index (Phi) is 7.51. The number of aromatic nitrogens is 3. The first-order chi connectivity index (χ1) is 17.5. The van der Waals surface area contributed by atoms with Gasteiger partial charge in [0.1, 0.15) is 11.6 Å². The van der Waals surface area contributed by atoms with Gasteiger partial charge in [0.2, 0.25) is 5.91 Å². The number of fused-ring (bicyclic) bond motifs is 1. The van der Waals surface area contributed by atoms with Crippen molar-refractivity contribution in [3.05, 3.63) is 47.9 Å². The van der Waals surface area contributed by atoms with Crippen LogP contribution in [-0.2, 0) is 4.79 Å². The van der Waals surface area contributed by atoms with Crippen molar-refractivity contribution < 1.29 is 9.18 Å². The first-order valence-electron chi connectivity index (χ1n) is 13.3. The highest BCUT2D eigenvalue weighted by Gasteiger charge is 2.26. The van der Waals surface area contributed by atoms with Gasteiger partial charge in [0.15, 0.2) is 5.65 Å². The van der Waals surface area contributed by atoms with Crippen LogP contribution in [0.25, 0.3) is 16.9 Å². The molecule has 0 aliphatic carbocycles. The SMILES string of the molecule is Cc1cc(N2CCC(C(=O)NCCCN3CCC[C@H](C)C3)CC2)n2nc(-c3ccc(F)cc3)cc2n1. The van der Waals surface area contributed by atoms with Crippen molar-refractivity contribution in [1.29, 1.82) is 0 Å². The standard InChI is InChI=1S/C28H37FN6O/c1-20-5-3-13-33(19-20)14-4-12-30-28(36)23-10-15-34(16-11-23)27-17-21(2)31-26-18-25(32-35(26)27)22-6-8-24(29)9-7-22/h6-9,17-18,20,23H,3-5,10-16,19H2,1-2H3,(H,30,36)/t20-/m0/s1. The van der Waals surface area contributed by atoms with Gasteiger partial charge in [-0.3, -0.25) is 4.79 Å². The third-order valence-corrected chi connectivity index (χ3v) is 7.56. The lowest BCUT2D eigenvalue weighted by Crippen LogP contribution is -2.42. The van der Waals surface area contributed by atoms with E-state index < -0.39 is 0 Å². The summed E-state index contributed by atoms with van der Waals surface area (Å²) in [7, 11) is 0. The van der Waals surface area contributed by atoms with Gasteiger partial charge in [0, 0.05) is 55.5 Å². The summed E-state index contributed by atoms with van der Waals surface area (Å²) in [4.78, 5) is 22.3. The van der Waals surface area contributed by atoms with E-state index in [2.05, 4.69) is 33.1 Å². The van der Waals surface area contributed by atoms with Crippen LogP contribution in [0.3, 0.4) is 0 Å². The fourth-order valence-corrected chi connectivity index (χ4v) is 5.59. The highest BCUT2D eigenvalue weighted by Crippen LogP contribution is 2.27. The summed E-state index contributed by atoms with van der Waals surface area (Å²) in [6.45, 7) is 10.1. The predicted molar refractivity (Wildman–Crippen MR) is 141 cm³/mol. The van der Waals surface area contributed by atoms with Crippen LogP contribution in [0.2, 0.25) is 0 Å². The summed E-state index contributed by atoms with van der Waals surface area (Å²) in [6.07, 6.45) is 5.30. The summed E-state index contributed by atoms with van der Waals surface area (Å²) in [5.74, 6) is 1.76. The second-order valence-electron chi connectivity index (χ2n) is 10.5. The first-order valence-corrected chi connectivity index (χ1v) is 13.3. The van der Waals surface area contributed by atoms with Crippen molar-refractivity contribution in [2.45, 2.75) is 46.0 Å². The molecule has 0 spiro atoms. The lowest BCUT2D eigenvalue weighted by Gasteiger charge is -2.33. The van der Waals surface area contributed by atoms with Crippen LogP contribution in [0, 0.1) is 24.6 Å². The third-order valence-electron chi connectivity index (χ3n) is 7.56. The van der Waals surface area contributed by atoms with Crippen molar-refractivity contribution in [3.63, 3.8) is 0 Å². The topological polar surface area (TPSA) is 65.8 Å². The molecule has 4 heterocycles. The monoisotopic (exact) mass is 492 g/mol. The van der Waals surface area contributed by atoms with Crippen molar-refractivity contribution in [2.75, 3.05) is 44.2 Å². The molecule has 7 nitrogen and oxygen atoms in total. The Balaban J connectivity index is 1.17. The maximum absolute atomic E-state index is 13.4. The molecular formula is C28H37FN6O. The highest BCUT2D eigenvalue weighted by atomic mass is 19.1. The Morgan fingerprint density at radius 3 is 2.64 bits per heavy atom. The van der Waals surface area contributed by atoms with Crippen molar-refractivity contribution in [2.24, 2.45) is 11.8 Å². The van der Waals surface area contributed by atoms with Gasteiger partial charge >= 0.3 is 0 Å². The zero-order chi connectivity index (χ0) is 25.1. The molecule has 1 amide bonds. The number of piperidine rings is 2. The Bertz CT molecular complexity index is 1180. The molecule has 2 fully saturated rings. The molecule has 2 aromatic heterocycles. The number of carbonyl (C=O) groups is 1. The van der Waals surface area contributed by atoms with E-state index in [9.17, 15) is 9.18 Å². The number of likely N-dealkylation sites (tertiary alicyclic amines) is 1. The average molecular weight is 493 g/mol. The minimum atomic E-state index is -0.263. The van der Waals surface area contributed by atoms with Gasteiger partial charge in [-0.15, -0.1) is 0 Å². The Morgan fingerprint density at radius 2 is 1.89 bits per heavy atom. The average Bonchev–Trinajstić information content (AvgIpc) is 3.30. The fourth-order valence-electron chi connectivity index (χ4n) is 5.59. The molecule has 0 radical (unpaired) electrons. The maximum atomic E-state index is 13.4. The summed E-state index contributed by atoms with van der Waals surface area (Å²) in [5.41, 5.74) is 3.32. The molecule has 0 bridgehead atoms. The second-order valence-corrected chi connectivity index (χ2v) is 10.5.